The van der Waals surface area contributed by atoms with Gasteiger partial charge in [0.05, 0.1) is 32.0 Å². The van der Waals surface area contributed by atoms with E-state index in [9.17, 15) is 9.60 Å². The van der Waals surface area contributed by atoms with E-state index in [1.807, 2.05) is 36.4 Å². The van der Waals surface area contributed by atoms with Crippen LogP contribution in [0.5, 0.6) is 0 Å². The van der Waals surface area contributed by atoms with Crippen molar-refractivity contribution < 1.29 is 9.60 Å². The first-order chi connectivity index (χ1) is 60.6. The molecule has 2 aliphatic rings. The molecule has 18 aromatic carbocycles. The van der Waals surface area contributed by atoms with Crippen molar-refractivity contribution in [2.24, 2.45) is 0 Å². The molecule has 117 heavy (non-hydrogen) atoms. The van der Waals surface area contributed by atoms with Gasteiger partial charge in [0.2, 0.25) is 0 Å². The fourth-order valence-corrected chi connectivity index (χ4v) is 23.2. The quantitative estimate of drug-likeness (QED) is 0.0749. The van der Waals surface area contributed by atoms with E-state index >= 15 is 0 Å². The molecule has 0 spiro atoms. The Balaban J connectivity index is 0.923. The Hall–Kier alpha value is -14.4. The van der Waals surface area contributed by atoms with Crippen LogP contribution in [0.4, 0.5) is 34.1 Å². The predicted molar refractivity (Wildman–Crippen MR) is 501 cm³/mol. The van der Waals surface area contributed by atoms with Crippen molar-refractivity contribution in [2.75, 3.05) is 9.80 Å². The lowest BCUT2D eigenvalue weighted by Crippen LogP contribution is -2.74. The maximum Gasteiger partial charge on any atom is 0.252 e. The molecule has 552 valence electrons. The summed E-state index contributed by atoms with van der Waals surface area (Å²) in [7, 11) is -2.98. The van der Waals surface area contributed by atoms with Crippen molar-refractivity contribution in [1.82, 2.24) is 4.57 Å². The number of rotatable bonds is 15. The van der Waals surface area contributed by atoms with Crippen LogP contribution in [0.1, 0.15) is 35.9 Å². The first-order valence-corrected chi connectivity index (χ1v) is 42.2. The van der Waals surface area contributed by atoms with Crippen molar-refractivity contribution in [1.29, 1.82) is 0 Å². The van der Waals surface area contributed by atoms with Gasteiger partial charge in [-0.25, -0.2) is 0 Å². The first-order valence-electron chi connectivity index (χ1n) is 43.7. The van der Waals surface area contributed by atoms with Gasteiger partial charge in [0.1, 0.15) is 0 Å². The Morgan fingerprint density at radius 1 is 0.274 bits per heavy atom. The zero-order valence-electron chi connectivity index (χ0n) is 72.0. The largest absolute Gasteiger partial charge is 0.310 e. The summed E-state index contributed by atoms with van der Waals surface area (Å²) in [5, 5.41) is 5.37. The molecule has 0 unspecified atom stereocenters. The number of hydrogen-bond donors (Lipinski definition) is 0. The van der Waals surface area contributed by atoms with Crippen LogP contribution in [-0.2, 0) is 5.41 Å². The average molecular weight is 1520 g/mol. The number of para-hydroxylation sites is 1. The van der Waals surface area contributed by atoms with Crippen LogP contribution in [0, 0.1) is 0 Å². The molecule has 5 heteroatoms. The Morgan fingerprint density at radius 3 is 1.08 bits per heavy atom. The highest BCUT2D eigenvalue weighted by Gasteiger charge is 2.47. The van der Waals surface area contributed by atoms with Crippen LogP contribution < -0.4 is 46.9 Å². The van der Waals surface area contributed by atoms with Crippen LogP contribution >= 0.6 is 0 Å². The summed E-state index contributed by atoms with van der Waals surface area (Å²) in [6.07, 6.45) is 0. The van der Waals surface area contributed by atoms with Gasteiger partial charge in [-0.3, -0.25) is 0 Å². The third-order valence-corrected chi connectivity index (χ3v) is 28.7. The lowest BCUT2D eigenvalue weighted by atomic mass is 9.33. The molecule has 0 saturated carbocycles. The summed E-state index contributed by atoms with van der Waals surface area (Å²) in [6.45, 7) is 6.36. The molecule has 0 bridgehead atoms. The summed E-state index contributed by atoms with van der Waals surface area (Å²) in [5.41, 5.74) is 24.9. The number of aromatic nitrogens is 1. The molecular weight excluding hydrogens is 1430 g/mol. The first kappa shape index (κ1) is 63.1. The van der Waals surface area contributed by atoms with Gasteiger partial charge >= 0.3 is 0 Å². The summed E-state index contributed by atoms with van der Waals surface area (Å²) in [5.74, 6) is 0. The van der Waals surface area contributed by atoms with Gasteiger partial charge in [-0.1, -0.05) is 391 Å². The molecule has 21 rings (SSSR count). The standard InChI is InChI=1S/C112H82BN3Si/c1-112(2,3)89-74-107-109-108(75-89)116(111-98(83-46-24-9-25-47-83)71-88(79-40-18-6-19-41-79)72-99(111)84-48-26-10-27-49-84)106-76-90(114-103-57-35-34-56-95(103)100-68-85(60-66-104(100)114)77-36-14-4-15-37-77)62-65-101(106)113(109)102-73-86(80-58-63-94(64-59-80)117(91-50-28-11-29-51-91,92-52-30-12-31-53-92)93-54-32-13-33-55-93)61-67-105(102)115(107)110-96(81-42-20-7-21-43-81)69-87(78-38-16-5-17-39-78)70-97(110)82-44-22-8-23-45-82/h4-76H,1-3H3/i34D,35D,56D,57D,60D,66D,68D. The number of fused-ring (bicyclic) bond motifs is 7. The van der Waals surface area contributed by atoms with Crippen LogP contribution in [0.3, 0.4) is 0 Å². The molecule has 0 amide bonds. The van der Waals surface area contributed by atoms with E-state index < -0.39 is 32.3 Å². The normalized spacial score (nSPS) is 13.2. The fourth-order valence-electron chi connectivity index (χ4n) is 18.4. The van der Waals surface area contributed by atoms with Crippen LogP contribution in [0.2, 0.25) is 0 Å². The minimum atomic E-state index is -2.98. The molecular formula is C112H82BN3Si. The van der Waals surface area contributed by atoms with Crippen LogP contribution in [-0.4, -0.2) is 19.4 Å². The smallest absolute Gasteiger partial charge is 0.252 e. The highest BCUT2D eigenvalue weighted by Crippen LogP contribution is 2.56. The maximum atomic E-state index is 10.4. The van der Waals surface area contributed by atoms with E-state index in [1.165, 1.54) is 20.7 Å². The highest BCUT2D eigenvalue weighted by atomic mass is 28.3. The number of anilines is 6. The summed E-state index contributed by atoms with van der Waals surface area (Å²) in [6, 6.07) is 142. The maximum absolute atomic E-state index is 10.4. The monoisotopic (exact) mass is 1510 g/mol. The predicted octanol–water partition coefficient (Wildman–Crippen LogP) is 24.9. The third kappa shape index (κ3) is 12.2. The van der Waals surface area contributed by atoms with Crippen LogP contribution in [0.25, 0.3) is 117 Å². The molecule has 0 N–H and O–H groups in total. The lowest BCUT2D eigenvalue weighted by molar-refractivity contribution is 0.590. The van der Waals surface area contributed by atoms with Gasteiger partial charge in [0.15, 0.2) is 8.07 Å². The number of benzene rings is 18. The van der Waals surface area contributed by atoms with Crippen molar-refractivity contribution in [3.63, 3.8) is 0 Å². The molecule has 0 fully saturated rings. The van der Waals surface area contributed by atoms with Gasteiger partial charge in [-0.05, 0) is 188 Å². The summed E-state index contributed by atoms with van der Waals surface area (Å²) in [4.78, 5) is 5.09. The van der Waals surface area contributed by atoms with E-state index in [0.717, 1.165) is 134 Å². The van der Waals surface area contributed by atoms with E-state index in [2.05, 4.69) is 395 Å². The minimum Gasteiger partial charge on any atom is -0.310 e. The molecule has 0 atom stereocenters. The van der Waals surface area contributed by atoms with Gasteiger partial charge in [0.25, 0.3) is 6.71 Å². The molecule has 3 heterocycles. The zero-order valence-corrected chi connectivity index (χ0v) is 66.0. The van der Waals surface area contributed by atoms with Crippen molar-refractivity contribution in [3.05, 3.63) is 448 Å². The third-order valence-electron chi connectivity index (χ3n) is 23.9. The molecule has 2 aliphatic heterocycles. The van der Waals surface area contributed by atoms with Crippen LogP contribution in [0.15, 0.2) is 443 Å². The zero-order chi connectivity index (χ0) is 84.2. The minimum absolute atomic E-state index is 0.0990. The molecule has 1 aromatic heterocycles. The Kier molecular flexibility index (Phi) is 15.8. The second-order valence-electron chi connectivity index (χ2n) is 31.7. The van der Waals surface area contributed by atoms with Gasteiger partial charge < -0.3 is 14.4 Å². The fraction of sp³-hybridized carbons (Fsp3) is 0.0357. The molecule has 0 radical (unpaired) electrons. The SMILES string of the molecule is [2H]c1c([2H])c([2H])c2c(c1[2H])c1c([2H])c(-c3ccccc3)c([2H])c([2H])c1n2-c1ccc2c(c1)N(c1c(-c3ccccc3)cc(-c3ccccc3)cc1-c1ccccc1)c1cc(C(C)(C)C)cc3c1B2c1cc(-c2ccc([Si](c4ccccc4)(c4ccccc4)c4ccccc4)cc2)ccc1N3c1c(-c2ccccc2)cc(-c2ccccc2)cc1-c1ccccc1. The molecule has 0 aliphatic carbocycles. The van der Waals surface area contributed by atoms with E-state index in [1.54, 1.807) is 4.57 Å². The second kappa shape index (κ2) is 29.2. The summed E-state index contributed by atoms with van der Waals surface area (Å²) >= 11 is 0. The molecule has 19 aromatic rings. The molecule has 0 saturated heterocycles. The van der Waals surface area contributed by atoms with E-state index in [-0.39, 0.29) is 57.6 Å². The Morgan fingerprint density at radius 2 is 0.641 bits per heavy atom. The topological polar surface area (TPSA) is 11.4 Å². The van der Waals surface area contributed by atoms with Gasteiger partial charge in [-0.2, -0.15) is 0 Å². The van der Waals surface area contributed by atoms with Crippen molar-refractivity contribution in [3.8, 4) is 94.7 Å². The van der Waals surface area contributed by atoms with Crippen molar-refractivity contribution >= 4 is 108 Å². The van der Waals surface area contributed by atoms with Crippen molar-refractivity contribution in [2.45, 2.75) is 26.2 Å². The van der Waals surface area contributed by atoms with Gasteiger partial charge in [-0.15, -0.1) is 0 Å². The average Bonchev–Trinajstić information content (AvgIpc) is 0.996. The number of hydrogen-bond acceptors (Lipinski definition) is 2. The summed E-state index contributed by atoms with van der Waals surface area (Å²) < 4.78 is 71.6. The number of nitrogens with zero attached hydrogens (tertiary/aromatic N) is 3. The van der Waals surface area contributed by atoms with Gasteiger partial charge in [0, 0.05) is 61.5 Å². The second-order valence-corrected chi connectivity index (χ2v) is 35.5. The Bertz CT molecular complexity index is 7150. The highest BCUT2D eigenvalue weighted by molar-refractivity contribution is 7.20. The van der Waals surface area contributed by atoms with E-state index in [4.69, 9.17) is 0 Å². The molecule has 3 nitrogen and oxygen atoms in total. The lowest BCUT2D eigenvalue weighted by Gasteiger charge is -2.46. The Labute approximate surface area is 696 Å². The van der Waals surface area contributed by atoms with E-state index in [0.29, 0.717) is 11.3 Å².